The summed E-state index contributed by atoms with van der Waals surface area (Å²) < 4.78 is 1.31. The molecule has 0 spiro atoms. The van der Waals surface area contributed by atoms with E-state index in [1.54, 1.807) is 24.3 Å². The van der Waals surface area contributed by atoms with E-state index in [2.05, 4.69) is 5.10 Å². The standard InChI is InChI=1S/C15H16N2O3/c1-15(2,3)17-12(18)9-11(14(19)20)13(16-17)10-7-5-4-6-8-10/h4-9H,1-3H3,(H,19,20). The minimum Gasteiger partial charge on any atom is -0.478 e. The molecule has 0 atom stereocenters. The molecule has 0 unspecified atom stereocenters. The Balaban J connectivity index is 2.77. The van der Waals surface area contributed by atoms with Crippen LogP contribution in [0.3, 0.4) is 0 Å². The SMILES string of the molecule is CC(C)(C)n1nc(-c2ccccc2)c(C(=O)O)cc1=O. The molecule has 104 valence electrons. The second kappa shape index (κ2) is 4.92. The van der Waals surface area contributed by atoms with Crippen molar-refractivity contribution in [2.75, 3.05) is 0 Å². The Labute approximate surface area is 116 Å². The van der Waals surface area contributed by atoms with Crippen LogP contribution in [0.2, 0.25) is 0 Å². The van der Waals surface area contributed by atoms with E-state index in [1.165, 1.54) is 4.68 Å². The molecule has 0 aliphatic rings. The van der Waals surface area contributed by atoms with E-state index in [9.17, 15) is 14.7 Å². The number of aromatic carboxylic acids is 1. The predicted molar refractivity (Wildman–Crippen MR) is 75.9 cm³/mol. The van der Waals surface area contributed by atoms with E-state index in [-0.39, 0.29) is 5.56 Å². The van der Waals surface area contributed by atoms with Crippen LogP contribution < -0.4 is 5.56 Å². The molecule has 5 nitrogen and oxygen atoms in total. The highest BCUT2D eigenvalue weighted by molar-refractivity contribution is 5.94. The Bertz CT molecular complexity index is 697. The van der Waals surface area contributed by atoms with Crippen molar-refractivity contribution in [3.05, 3.63) is 52.3 Å². The zero-order valence-electron chi connectivity index (χ0n) is 11.6. The summed E-state index contributed by atoms with van der Waals surface area (Å²) in [5, 5.41) is 13.5. The Morgan fingerprint density at radius 2 is 1.80 bits per heavy atom. The second-order valence-corrected chi connectivity index (χ2v) is 5.50. The van der Waals surface area contributed by atoms with Crippen LogP contribution in [0.5, 0.6) is 0 Å². The largest absolute Gasteiger partial charge is 0.478 e. The number of benzene rings is 1. The summed E-state index contributed by atoms with van der Waals surface area (Å²) in [6.07, 6.45) is 0. The minimum absolute atomic E-state index is 0.0818. The van der Waals surface area contributed by atoms with Crippen molar-refractivity contribution in [2.45, 2.75) is 26.3 Å². The maximum atomic E-state index is 12.0. The topological polar surface area (TPSA) is 72.2 Å². The molecule has 1 heterocycles. The first-order valence-corrected chi connectivity index (χ1v) is 6.24. The van der Waals surface area contributed by atoms with E-state index in [0.29, 0.717) is 11.3 Å². The minimum atomic E-state index is -1.16. The van der Waals surface area contributed by atoms with E-state index >= 15 is 0 Å². The van der Waals surface area contributed by atoms with Crippen molar-refractivity contribution in [2.24, 2.45) is 0 Å². The van der Waals surface area contributed by atoms with Crippen LogP contribution in [0.15, 0.2) is 41.2 Å². The molecule has 0 radical (unpaired) electrons. The van der Waals surface area contributed by atoms with Crippen LogP contribution in [-0.2, 0) is 5.54 Å². The molecule has 5 heteroatoms. The Morgan fingerprint density at radius 1 is 1.20 bits per heavy atom. The number of aromatic nitrogens is 2. The lowest BCUT2D eigenvalue weighted by molar-refractivity contribution is 0.0696. The monoisotopic (exact) mass is 272 g/mol. The van der Waals surface area contributed by atoms with Crippen LogP contribution in [0, 0.1) is 0 Å². The molecule has 1 aromatic carbocycles. The van der Waals surface area contributed by atoms with Gasteiger partial charge in [-0.2, -0.15) is 5.10 Å². The molecule has 1 N–H and O–H groups in total. The smallest absolute Gasteiger partial charge is 0.338 e. The van der Waals surface area contributed by atoms with Gasteiger partial charge in [0.25, 0.3) is 5.56 Å². The van der Waals surface area contributed by atoms with E-state index in [0.717, 1.165) is 6.07 Å². The molecular formula is C15H16N2O3. The molecule has 0 saturated heterocycles. The number of carbonyl (C=O) groups is 1. The Morgan fingerprint density at radius 3 is 2.30 bits per heavy atom. The third-order valence-electron chi connectivity index (χ3n) is 2.84. The first-order chi connectivity index (χ1) is 9.30. The van der Waals surface area contributed by atoms with Gasteiger partial charge in [-0.15, -0.1) is 0 Å². The summed E-state index contributed by atoms with van der Waals surface area (Å²) in [6.45, 7) is 5.53. The number of nitrogens with zero attached hydrogens (tertiary/aromatic N) is 2. The summed E-state index contributed by atoms with van der Waals surface area (Å²) in [4.78, 5) is 23.3. The van der Waals surface area contributed by atoms with Crippen molar-refractivity contribution in [1.82, 2.24) is 9.78 Å². The molecule has 0 saturated carbocycles. The highest BCUT2D eigenvalue weighted by Gasteiger charge is 2.21. The number of hydrogen-bond acceptors (Lipinski definition) is 3. The molecule has 0 fully saturated rings. The summed E-state index contributed by atoms with van der Waals surface area (Å²) in [7, 11) is 0. The first-order valence-electron chi connectivity index (χ1n) is 6.24. The van der Waals surface area contributed by atoms with Crippen molar-refractivity contribution >= 4 is 5.97 Å². The fraction of sp³-hybridized carbons (Fsp3) is 0.267. The van der Waals surface area contributed by atoms with E-state index in [4.69, 9.17) is 0 Å². The predicted octanol–water partition coefficient (Wildman–Crippen LogP) is 2.36. The number of hydrogen-bond donors (Lipinski definition) is 1. The second-order valence-electron chi connectivity index (χ2n) is 5.50. The lowest BCUT2D eigenvalue weighted by atomic mass is 10.1. The highest BCUT2D eigenvalue weighted by Crippen LogP contribution is 2.21. The molecule has 0 bridgehead atoms. The molecule has 20 heavy (non-hydrogen) atoms. The molecule has 2 rings (SSSR count). The van der Waals surface area contributed by atoms with Gasteiger partial charge in [0, 0.05) is 11.6 Å². The van der Waals surface area contributed by atoms with E-state index in [1.807, 2.05) is 26.8 Å². The van der Waals surface area contributed by atoms with Crippen LogP contribution >= 0.6 is 0 Å². The third kappa shape index (κ3) is 2.61. The molecule has 0 amide bonds. The molecule has 0 aliphatic carbocycles. The van der Waals surface area contributed by atoms with Crippen LogP contribution in [0.25, 0.3) is 11.3 Å². The van der Waals surface area contributed by atoms with Gasteiger partial charge in [-0.25, -0.2) is 9.48 Å². The van der Waals surface area contributed by atoms with Crippen LogP contribution in [0.1, 0.15) is 31.1 Å². The number of carboxylic acids is 1. The lowest BCUT2D eigenvalue weighted by Gasteiger charge is -2.21. The fourth-order valence-electron chi connectivity index (χ4n) is 1.91. The zero-order chi connectivity index (χ0) is 14.9. The molecule has 1 aromatic heterocycles. The van der Waals surface area contributed by atoms with Gasteiger partial charge < -0.3 is 5.11 Å². The number of carboxylic acid groups (broad SMARTS) is 1. The quantitative estimate of drug-likeness (QED) is 0.911. The maximum Gasteiger partial charge on any atom is 0.338 e. The Kier molecular flexibility index (Phi) is 3.44. The van der Waals surface area contributed by atoms with Gasteiger partial charge in [0.1, 0.15) is 5.69 Å². The van der Waals surface area contributed by atoms with Gasteiger partial charge in [0.05, 0.1) is 11.1 Å². The average molecular weight is 272 g/mol. The van der Waals surface area contributed by atoms with Crippen molar-refractivity contribution < 1.29 is 9.90 Å². The highest BCUT2D eigenvalue weighted by atomic mass is 16.4. The van der Waals surface area contributed by atoms with Gasteiger partial charge in [-0.3, -0.25) is 4.79 Å². The normalized spacial score (nSPS) is 11.3. The summed E-state index contributed by atoms with van der Waals surface area (Å²) in [5.41, 5.74) is -0.0516. The summed E-state index contributed by atoms with van der Waals surface area (Å²) >= 11 is 0. The van der Waals surface area contributed by atoms with Gasteiger partial charge in [-0.05, 0) is 20.8 Å². The van der Waals surface area contributed by atoms with E-state index < -0.39 is 17.1 Å². The van der Waals surface area contributed by atoms with Crippen molar-refractivity contribution in [3.63, 3.8) is 0 Å². The van der Waals surface area contributed by atoms with Gasteiger partial charge >= 0.3 is 5.97 Å². The van der Waals surface area contributed by atoms with Gasteiger partial charge in [0.15, 0.2) is 0 Å². The lowest BCUT2D eigenvalue weighted by Crippen LogP contribution is -2.36. The molecule has 0 aliphatic heterocycles. The van der Waals surface area contributed by atoms with Crippen LogP contribution in [-0.4, -0.2) is 20.9 Å². The van der Waals surface area contributed by atoms with Gasteiger partial charge in [0.2, 0.25) is 0 Å². The average Bonchev–Trinajstić information content (AvgIpc) is 2.37. The summed E-state index contributed by atoms with van der Waals surface area (Å²) in [6, 6.07) is 10.1. The third-order valence-corrected chi connectivity index (χ3v) is 2.84. The fourth-order valence-corrected chi connectivity index (χ4v) is 1.91. The Hall–Kier alpha value is -2.43. The maximum absolute atomic E-state index is 12.0. The van der Waals surface area contributed by atoms with Gasteiger partial charge in [-0.1, -0.05) is 30.3 Å². The molecule has 2 aromatic rings. The molecular weight excluding hydrogens is 256 g/mol. The summed E-state index contributed by atoms with van der Waals surface area (Å²) in [5.74, 6) is -1.16. The van der Waals surface area contributed by atoms with Crippen molar-refractivity contribution in [1.29, 1.82) is 0 Å². The first kappa shape index (κ1) is 14.0. The van der Waals surface area contributed by atoms with Crippen molar-refractivity contribution in [3.8, 4) is 11.3 Å². The number of rotatable bonds is 2. The zero-order valence-corrected chi connectivity index (χ0v) is 11.6. The van der Waals surface area contributed by atoms with Crippen LogP contribution in [0.4, 0.5) is 0 Å².